The van der Waals surface area contributed by atoms with Gasteiger partial charge in [0.05, 0.1) is 0 Å². The lowest BCUT2D eigenvalue weighted by Crippen LogP contribution is -2.53. The van der Waals surface area contributed by atoms with Gasteiger partial charge >= 0.3 is 5.97 Å². The number of carbonyl (C=O) groups excluding carboxylic acids is 2. The molecule has 0 amide bonds. The number of ketones is 1. The zero-order chi connectivity index (χ0) is 19.4. The van der Waals surface area contributed by atoms with Crippen molar-refractivity contribution in [2.24, 2.45) is 5.41 Å². The Kier molecular flexibility index (Phi) is 4.04. The molecule has 2 aromatic rings. The van der Waals surface area contributed by atoms with Crippen molar-refractivity contribution in [1.29, 1.82) is 0 Å². The van der Waals surface area contributed by atoms with Gasteiger partial charge in [-0.25, -0.2) is 0 Å². The molecule has 0 radical (unpaired) electrons. The van der Waals surface area contributed by atoms with Crippen molar-refractivity contribution >= 4 is 22.5 Å². The molecule has 2 N–H and O–H groups in total. The van der Waals surface area contributed by atoms with Crippen LogP contribution in [0.3, 0.4) is 0 Å². The van der Waals surface area contributed by atoms with E-state index in [0.29, 0.717) is 12.8 Å². The number of fused-ring (bicyclic) bond motifs is 5. The lowest BCUT2D eigenvalue weighted by Gasteiger charge is -2.45. The highest BCUT2D eigenvalue weighted by Crippen LogP contribution is 2.61. The second-order valence-corrected chi connectivity index (χ2v) is 8.11. The highest BCUT2D eigenvalue weighted by molar-refractivity contribution is 5.92. The molecule has 0 saturated heterocycles. The molecule has 5 heteroatoms. The van der Waals surface area contributed by atoms with Gasteiger partial charge in [-0.15, -0.1) is 0 Å². The number of hydrogen-bond acceptors (Lipinski definition) is 5. The van der Waals surface area contributed by atoms with Crippen LogP contribution in [0.15, 0.2) is 30.3 Å². The van der Waals surface area contributed by atoms with E-state index in [-0.39, 0.29) is 18.3 Å². The number of phenolic OH excluding ortho intramolecular Hbond substituents is 1. The average Bonchev–Trinajstić information content (AvgIpc) is 2.91. The zero-order valence-electron chi connectivity index (χ0n) is 15.6. The number of hydrogen-bond donors (Lipinski definition) is 2. The van der Waals surface area contributed by atoms with E-state index in [9.17, 15) is 19.8 Å². The summed E-state index contributed by atoms with van der Waals surface area (Å²) in [6, 6.07) is 9.47. The minimum absolute atomic E-state index is 0.0748. The standard InChI is InChI=1S/C22H24O5/c1-13(23)27-12-20(25)22(26)10-8-19-18-5-3-14-11-15(24)4-6-16(14)17(18)7-9-21(19,22)2/h3-6,11,19,24,26H,7-10,12H2,1-2H3/t19-,21-,22-/m0/s1. The third-order valence-electron chi connectivity index (χ3n) is 6.80. The summed E-state index contributed by atoms with van der Waals surface area (Å²) in [6.45, 7) is 2.87. The molecule has 27 heavy (non-hydrogen) atoms. The van der Waals surface area contributed by atoms with Crippen molar-refractivity contribution in [3.63, 3.8) is 0 Å². The molecular weight excluding hydrogens is 344 g/mol. The van der Waals surface area contributed by atoms with Gasteiger partial charge in [-0.3, -0.25) is 9.59 Å². The van der Waals surface area contributed by atoms with Gasteiger partial charge in [0, 0.05) is 12.3 Å². The molecule has 0 spiro atoms. The maximum atomic E-state index is 12.7. The third-order valence-corrected chi connectivity index (χ3v) is 6.80. The van der Waals surface area contributed by atoms with Gasteiger partial charge in [-0.1, -0.05) is 25.1 Å². The predicted octanol–water partition coefficient (Wildman–Crippen LogP) is 3.24. The number of aromatic hydroxyl groups is 1. The fraction of sp³-hybridized carbons (Fsp3) is 0.455. The van der Waals surface area contributed by atoms with Crippen molar-refractivity contribution in [2.45, 2.75) is 51.0 Å². The smallest absolute Gasteiger partial charge is 0.303 e. The van der Waals surface area contributed by atoms with Crippen LogP contribution in [0.2, 0.25) is 0 Å². The quantitative estimate of drug-likeness (QED) is 0.813. The molecule has 2 aromatic carbocycles. The first kappa shape index (κ1) is 18.0. The van der Waals surface area contributed by atoms with Gasteiger partial charge in [-0.05, 0) is 65.6 Å². The number of aryl methyl sites for hydroxylation is 1. The highest BCUT2D eigenvalue weighted by Gasteiger charge is 2.61. The van der Waals surface area contributed by atoms with Crippen molar-refractivity contribution in [3.05, 3.63) is 41.5 Å². The molecule has 2 aliphatic rings. The van der Waals surface area contributed by atoms with E-state index < -0.39 is 22.8 Å². The molecule has 0 heterocycles. The molecular formula is C22H24O5. The van der Waals surface area contributed by atoms with Gasteiger partial charge in [0.25, 0.3) is 0 Å². The van der Waals surface area contributed by atoms with Crippen molar-refractivity contribution in [3.8, 4) is 5.75 Å². The Balaban J connectivity index is 1.73. The molecule has 1 saturated carbocycles. The van der Waals surface area contributed by atoms with Crippen LogP contribution < -0.4 is 0 Å². The summed E-state index contributed by atoms with van der Waals surface area (Å²) in [4.78, 5) is 23.8. The number of aliphatic hydroxyl groups is 1. The second kappa shape index (κ2) is 6.06. The fourth-order valence-corrected chi connectivity index (χ4v) is 5.26. The molecule has 142 valence electrons. The molecule has 4 rings (SSSR count). The lowest BCUT2D eigenvalue weighted by atomic mass is 9.60. The molecule has 1 fully saturated rings. The van der Waals surface area contributed by atoms with Gasteiger partial charge in [0.15, 0.2) is 6.61 Å². The Labute approximate surface area is 158 Å². The number of Topliss-reactive ketones (excluding diaryl/α,β-unsaturated/α-hetero) is 1. The first-order valence-corrected chi connectivity index (χ1v) is 9.40. The van der Waals surface area contributed by atoms with E-state index in [2.05, 4.69) is 6.07 Å². The lowest BCUT2D eigenvalue weighted by molar-refractivity contribution is -0.161. The second-order valence-electron chi connectivity index (χ2n) is 8.11. The number of ether oxygens (including phenoxy) is 1. The average molecular weight is 368 g/mol. The molecule has 3 atom stereocenters. The minimum Gasteiger partial charge on any atom is -0.508 e. The van der Waals surface area contributed by atoms with Crippen LogP contribution in [0.1, 0.15) is 50.2 Å². The molecule has 0 aromatic heterocycles. The largest absolute Gasteiger partial charge is 0.508 e. The number of phenols is 1. The number of esters is 1. The highest BCUT2D eigenvalue weighted by atomic mass is 16.5. The van der Waals surface area contributed by atoms with Gasteiger partial charge in [0.1, 0.15) is 11.4 Å². The summed E-state index contributed by atoms with van der Waals surface area (Å²) >= 11 is 0. The van der Waals surface area contributed by atoms with E-state index in [1.165, 1.54) is 18.1 Å². The fourth-order valence-electron chi connectivity index (χ4n) is 5.26. The maximum absolute atomic E-state index is 12.7. The SMILES string of the molecule is CC(=O)OCC(=O)[C@@]1(O)CC[C@H]2c3ccc4cc(O)ccc4c3CC[C@@]21C. The Bertz CT molecular complexity index is 949. The first-order chi connectivity index (χ1) is 12.8. The summed E-state index contributed by atoms with van der Waals surface area (Å²) in [5, 5.41) is 23.2. The summed E-state index contributed by atoms with van der Waals surface area (Å²) < 4.78 is 4.87. The summed E-state index contributed by atoms with van der Waals surface area (Å²) in [6.07, 6.45) is 2.54. The van der Waals surface area contributed by atoms with E-state index in [1.54, 1.807) is 12.1 Å². The number of rotatable bonds is 3. The summed E-state index contributed by atoms with van der Waals surface area (Å²) in [5.74, 6) is -0.604. The Morgan fingerprint density at radius 3 is 2.74 bits per heavy atom. The first-order valence-electron chi connectivity index (χ1n) is 9.40. The Morgan fingerprint density at radius 1 is 1.22 bits per heavy atom. The molecule has 0 aliphatic heterocycles. The van der Waals surface area contributed by atoms with E-state index in [0.717, 1.165) is 23.6 Å². The van der Waals surface area contributed by atoms with Crippen LogP contribution in [0.5, 0.6) is 5.75 Å². The van der Waals surface area contributed by atoms with Crippen LogP contribution in [0, 0.1) is 5.41 Å². The molecule has 0 unspecified atom stereocenters. The Morgan fingerprint density at radius 2 is 2.00 bits per heavy atom. The van der Waals surface area contributed by atoms with E-state index in [1.807, 2.05) is 19.1 Å². The monoisotopic (exact) mass is 368 g/mol. The van der Waals surface area contributed by atoms with Crippen molar-refractivity contribution < 1.29 is 24.5 Å². The van der Waals surface area contributed by atoms with Gasteiger partial charge in [-0.2, -0.15) is 0 Å². The van der Waals surface area contributed by atoms with Crippen LogP contribution in [-0.4, -0.2) is 34.2 Å². The van der Waals surface area contributed by atoms with E-state index >= 15 is 0 Å². The van der Waals surface area contributed by atoms with Crippen LogP contribution >= 0.6 is 0 Å². The molecule has 2 aliphatic carbocycles. The normalized spacial score (nSPS) is 29.2. The minimum atomic E-state index is -1.48. The van der Waals surface area contributed by atoms with Crippen molar-refractivity contribution in [1.82, 2.24) is 0 Å². The number of carbonyl (C=O) groups is 2. The molecule has 5 nitrogen and oxygen atoms in total. The van der Waals surface area contributed by atoms with Gasteiger partial charge in [0.2, 0.25) is 5.78 Å². The maximum Gasteiger partial charge on any atom is 0.303 e. The van der Waals surface area contributed by atoms with Crippen molar-refractivity contribution in [2.75, 3.05) is 6.61 Å². The van der Waals surface area contributed by atoms with E-state index in [4.69, 9.17) is 4.74 Å². The molecule has 0 bridgehead atoms. The van der Waals surface area contributed by atoms with Crippen LogP contribution in [0.4, 0.5) is 0 Å². The number of benzene rings is 2. The summed E-state index contributed by atoms with van der Waals surface area (Å²) in [5.41, 5.74) is 0.362. The van der Waals surface area contributed by atoms with Gasteiger partial charge < -0.3 is 14.9 Å². The predicted molar refractivity (Wildman–Crippen MR) is 101 cm³/mol. The third kappa shape index (κ3) is 2.56. The zero-order valence-corrected chi connectivity index (χ0v) is 15.6. The van der Waals surface area contributed by atoms with Crippen LogP contribution in [0.25, 0.3) is 10.8 Å². The topological polar surface area (TPSA) is 83.8 Å². The van der Waals surface area contributed by atoms with Crippen LogP contribution in [-0.2, 0) is 20.7 Å². The Hall–Kier alpha value is -2.40. The summed E-state index contributed by atoms with van der Waals surface area (Å²) in [7, 11) is 0.